The Labute approximate surface area is 227 Å². The highest BCUT2D eigenvalue weighted by molar-refractivity contribution is 5.94. The summed E-state index contributed by atoms with van der Waals surface area (Å²) >= 11 is 0. The van der Waals surface area contributed by atoms with E-state index >= 15 is 0 Å². The predicted octanol–water partition coefficient (Wildman–Crippen LogP) is 7.12. The number of benzene rings is 3. The van der Waals surface area contributed by atoms with E-state index in [1.807, 2.05) is 12.1 Å². The number of amides is 1. The Kier molecular flexibility index (Phi) is 9.73. The highest BCUT2D eigenvalue weighted by atomic mass is 16.5. The number of carbonyl (C=O) groups is 2. The average molecular weight is 516 g/mol. The summed E-state index contributed by atoms with van der Waals surface area (Å²) in [7, 11) is 0. The van der Waals surface area contributed by atoms with Gasteiger partial charge >= 0.3 is 5.97 Å². The van der Waals surface area contributed by atoms with Gasteiger partial charge in [-0.05, 0) is 95.7 Å². The molecule has 0 aliphatic carbocycles. The molecule has 1 unspecified atom stereocenters. The van der Waals surface area contributed by atoms with Gasteiger partial charge in [0.15, 0.2) is 0 Å². The fraction of sp³-hybridized carbons (Fsp3) is 0.394. The fourth-order valence-electron chi connectivity index (χ4n) is 4.54. The molecule has 0 heterocycles. The van der Waals surface area contributed by atoms with E-state index in [0.29, 0.717) is 18.1 Å². The van der Waals surface area contributed by atoms with Crippen LogP contribution >= 0.6 is 0 Å². The third-order valence-corrected chi connectivity index (χ3v) is 6.85. The van der Waals surface area contributed by atoms with Gasteiger partial charge in [-0.2, -0.15) is 0 Å². The highest BCUT2D eigenvalue weighted by Crippen LogP contribution is 2.33. The Hall–Kier alpha value is -3.60. The maximum atomic E-state index is 12.1. The summed E-state index contributed by atoms with van der Waals surface area (Å²) in [6.07, 6.45) is 1.78. The fourth-order valence-corrected chi connectivity index (χ4v) is 4.54. The molecule has 0 aromatic heterocycles. The van der Waals surface area contributed by atoms with E-state index in [9.17, 15) is 9.59 Å². The van der Waals surface area contributed by atoms with E-state index < -0.39 is 5.97 Å². The van der Waals surface area contributed by atoms with Gasteiger partial charge in [0.2, 0.25) is 0 Å². The highest BCUT2D eigenvalue weighted by Gasteiger charge is 2.15. The molecule has 0 saturated carbocycles. The van der Waals surface area contributed by atoms with Crippen LogP contribution in [-0.4, -0.2) is 30.1 Å². The van der Waals surface area contributed by atoms with Gasteiger partial charge in [-0.15, -0.1) is 0 Å². The maximum absolute atomic E-state index is 12.1. The first-order chi connectivity index (χ1) is 17.9. The summed E-state index contributed by atoms with van der Waals surface area (Å²) in [6.45, 7) is 13.9. The molecule has 0 spiro atoms. The Morgan fingerprint density at radius 2 is 1.55 bits per heavy atom. The lowest BCUT2D eigenvalue weighted by Gasteiger charge is -2.20. The zero-order chi connectivity index (χ0) is 27.9. The molecule has 0 aliphatic heterocycles. The van der Waals surface area contributed by atoms with Gasteiger partial charge in [-0.1, -0.05) is 64.1 Å². The number of carbonyl (C=O) groups excluding carboxylic acids is 1. The van der Waals surface area contributed by atoms with Crippen molar-refractivity contribution in [1.29, 1.82) is 0 Å². The molecule has 3 aromatic carbocycles. The van der Waals surface area contributed by atoms with E-state index in [0.717, 1.165) is 24.2 Å². The van der Waals surface area contributed by atoms with Crippen molar-refractivity contribution in [3.63, 3.8) is 0 Å². The molecular weight excluding hydrogens is 474 g/mol. The zero-order valence-electron chi connectivity index (χ0n) is 23.6. The van der Waals surface area contributed by atoms with Crippen LogP contribution in [0.25, 0.3) is 11.1 Å². The number of hydrogen-bond donors (Lipinski definition) is 2. The number of hydrogen-bond acceptors (Lipinski definition) is 3. The van der Waals surface area contributed by atoms with Crippen molar-refractivity contribution in [3.8, 4) is 16.9 Å². The van der Waals surface area contributed by atoms with Crippen LogP contribution in [-0.2, 0) is 16.6 Å². The molecule has 38 heavy (non-hydrogen) atoms. The second kappa shape index (κ2) is 12.8. The third-order valence-electron chi connectivity index (χ3n) is 6.85. The molecule has 0 bridgehead atoms. The first-order valence-corrected chi connectivity index (χ1v) is 13.4. The van der Waals surface area contributed by atoms with Gasteiger partial charge in [0.05, 0.1) is 13.0 Å². The van der Waals surface area contributed by atoms with Gasteiger partial charge in [0.1, 0.15) is 5.75 Å². The summed E-state index contributed by atoms with van der Waals surface area (Å²) in [4.78, 5) is 22.7. The first-order valence-electron chi connectivity index (χ1n) is 13.4. The lowest BCUT2D eigenvalue weighted by Crippen LogP contribution is -2.25. The van der Waals surface area contributed by atoms with Gasteiger partial charge in [-0.25, -0.2) is 0 Å². The molecule has 0 fully saturated rings. The molecule has 5 heteroatoms. The molecule has 1 amide bonds. The van der Waals surface area contributed by atoms with Crippen LogP contribution in [0.15, 0.2) is 60.7 Å². The molecule has 1 atom stereocenters. The summed E-state index contributed by atoms with van der Waals surface area (Å²) in [5.41, 5.74) is 8.09. The van der Waals surface area contributed by atoms with Gasteiger partial charge in [0, 0.05) is 12.1 Å². The molecule has 202 valence electrons. The second-order valence-electron chi connectivity index (χ2n) is 11.3. The Balaban J connectivity index is 1.51. The van der Waals surface area contributed by atoms with Crippen molar-refractivity contribution in [3.05, 3.63) is 88.5 Å². The van der Waals surface area contributed by atoms with E-state index in [-0.39, 0.29) is 24.3 Å². The monoisotopic (exact) mass is 515 g/mol. The number of aliphatic carboxylic acids is 1. The van der Waals surface area contributed by atoms with Crippen LogP contribution in [0.1, 0.15) is 73.1 Å². The number of carboxylic acid groups (broad SMARTS) is 1. The summed E-state index contributed by atoms with van der Waals surface area (Å²) < 4.78 is 6.18. The lowest BCUT2D eigenvalue weighted by atomic mass is 9.85. The maximum Gasteiger partial charge on any atom is 0.305 e. The van der Waals surface area contributed by atoms with Crippen LogP contribution in [0.2, 0.25) is 0 Å². The van der Waals surface area contributed by atoms with E-state index in [4.69, 9.17) is 9.84 Å². The zero-order valence-corrected chi connectivity index (χ0v) is 23.6. The summed E-state index contributed by atoms with van der Waals surface area (Å²) in [5.74, 6) is 0.0976. The molecular formula is C33H41NO4. The van der Waals surface area contributed by atoms with E-state index in [2.05, 4.69) is 83.3 Å². The van der Waals surface area contributed by atoms with Crippen LogP contribution in [0, 0.1) is 19.8 Å². The standard InChI is InChI=1S/C33H41NO4/c1-22(7-8-25-9-11-27(12-10-25)32(37)34-18-17-30(35)36)21-38-29-19-23(2)31(24(3)20-29)26-13-15-28(16-14-26)33(4,5)6/h9-16,19-20,22H,7-8,17-18,21H2,1-6H3,(H,34,37)(H,35,36). The number of ether oxygens (including phenoxy) is 1. The average Bonchev–Trinajstić information content (AvgIpc) is 2.85. The topological polar surface area (TPSA) is 75.6 Å². The summed E-state index contributed by atoms with van der Waals surface area (Å²) in [5, 5.41) is 11.3. The first kappa shape index (κ1) is 29.0. The molecule has 0 saturated heterocycles. The van der Waals surface area contributed by atoms with Gasteiger partial charge in [-0.3, -0.25) is 9.59 Å². The normalized spacial score (nSPS) is 12.2. The third kappa shape index (κ3) is 8.20. The van der Waals surface area contributed by atoms with E-state index in [1.165, 1.54) is 27.8 Å². The molecule has 3 aromatic rings. The number of nitrogens with one attached hydrogen (secondary N) is 1. The Bertz CT molecular complexity index is 1210. The van der Waals surface area contributed by atoms with Crippen LogP contribution < -0.4 is 10.1 Å². The Morgan fingerprint density at radius 3 is 2.11 bits per heavy atom. The van der Waals surface area contributed by atoms with Crippen molar-refractivity contribution >= 4 is 11.9 Å². The Morgan fingerprint density at radius 1 is 0.947 bits per heavy atom. The summed E-state index contributed by atoms with van der Waals surface area (Å²) in [6, 6.07) is 20.6. The smallest absolute Gasteiger partial charge is 0.305 e. The molecule has 0 aliphatic rings. The number of aryl methyl sites for hydroxylation is 3. The van der Waals surface area contributed by atoms with Gasteiger partial charge < -0.3 is 15.2 Å². The SMILES string of the molecule is Cc1cc(OCC(C)CCc2ccc(C(=O)NCCC(=O)O)cc2)cc(C)c1-c1ccc(C(C)(C)C)cc1. The van der Waals surface area contributed by atoms with Crippen molar-refractivity contribution in [2.24, 2.45) is 5.92 Å². The molecule has 0 radical (unpaired) electrons. The predicted molar refractivity (Wildman–Crippen MR) is 154 cm³/mol. The molecule has 5 nitrogen and oxygen atoms in total. The minimum Gasteiger partial charge on any atom is -0.493 e. The largest absolute Gasteiger partial charge is 0.493 e. The van der Waals surface area contributed by atoms with Crippen LogP contribution in [0.3, 0.4) is 0 Å². The van der Waals surface area contributed by atoms with Crippen LogP contribution in [0.5, 0.6) is 5.75 Å². The minimum atomic E-state index is -0.928. The van der Waals surface area contributed by atoms with E-state index in [1.54, 1.807) is 12.1 Å². The molecule has 3 rings (SSSR count). The lowest BCUT2D eigenvalue weighted by molar-refractivity contribution is -0.136. The van der Waals surface area contributed by atoms with Gasteiger partial charge in [0.25, 0.3) is 5.91 Å². The quantitative estimate of drug-likeness (QED) is 0.285. The van der Waals surface area contributed by atoms with Crippen molar-refractivity contribution in [2.45, 2.75) is 66.2 Å². The van der Waals surface area contributed by atoms with Crippen molar-refractivity contribution < 1.29 is 19.4 Å². The van der Waals surface area contributed by atoms with Crippen molar-refractivity contribution in [1.82, 2.24) is 5.32 Å². The van der Waals surface area contributed by atoms with Crippen molar-refractivity contribution in [2.75, 3.05) is 13.2 Å². The number of carboxylic acids is 1. The number of rotatable bonds is 11. The molecule has 2 N–H and O–H groups in total. The minimum absolute atomic E-state index is 0.0848. The second-order valence-corrected chi connectivity index (χ2v) is 11.3. The van der Waals surface area contributed by atoms with Crippen LogP contribution in [0.4, 0.5) is 0 Å².